The number of nitrogens with zero attached hydrogens (tertiary/aromatic N) is 2. The molecular weight excluding hydrogens is 253 g/mol. The minimum absolute atomic E-state index is 0.217. The van der Waals surface area contributed by atoms with E-state index in [1.165, 1.54) is 6.20 Å². The zero-order valence-electron chi connectivity index (χ0n) is 8.41. The largest absolute Gasteiger partial charge is 0.386 e. The van der Waals surface area contributed by atoms with E-state index in [-0.39, 0.29) is 5.15 Å². The van der Waals surface area contributed by atoms with Crippen molar-refractivity contribution in [1.29, 1.82) is 0 Å². The highest BCUT2D eigenvalue weighted by Crippen LogP contribution is 2.20. The molecule has 0 aliphatic rings. The fraction of sp³-hybridized carbons (Fsp3) is 0.222. The highest BCUT2D eigenvalue weighted by molar-refractivity contribution is 6.41. The second-order valence-corrected chi connectivity index (χ2v) is 3.75. The Labute approximate surface area is 102 Å². The molecule has 0 spiro atoms. The first kappa shape index (κ1) is 12.7. The van der Waals surface area contributed by atoms with Crippen LogP contribution >= 0.6 is 23.2 Å². The third kappa shape index (κ3) is 3.67. The van der Waals surface area contributed by atoms with Crippen LogP contribution in [0.2, 0.25) is 10.2 Å². The van der Waals surface area contributed by atoms with Crippen molar-refractivity contribution in [2.75, 3.05) is 7.05 Å². The molecule has 1 heterocycles. The van der Waals surface area contributed by atoms with Crippen molar-refractivity contribution < 1.29 is 4.92 Å². The molecule has 0 radical (unpaired) electrons. The van der Waals surface area contributed by atoms with Gasteiger partial charge >= 0.3 is 0 Å². The summed E-state index contributed by atoms with van der Waals surface area (Å²) in [6, 6.07) is 1.63. The molecule has 7 heteroatoms. The Morgan fingerprint density at radius 1 is 1.69 bits per heavy atom. The highest BCUT2D eigenvalue weighted by atomic mass is 35.5. The van der Waals surface area contributed by atoms with Gasteiger partial charge in [0.15, 0.2) is 0 Å². The SMILES string of the molecule is CN/C(=C/[N+](=O)[O-])Cc1cnc(Cl)c(Cl)c1. The van der Waals surface area contributed by atoms with Crippen LogP contribution in [-0.2, 0) is 6.42 Å². The molecule has 0 amide bonds. The Balaban J connectivity index is 2.86. The van der Waals surface area contributed by atoms with Gasteiger partial charge in [-0.3, -0.25) is 10.1 Å². The molecule has 1 aromatic rings. The van der Waals surface area contributed by atoms with E-state index in [1.54, 1.807) is 13.1 Å². The molecule has 5 nitrogen and oxygen atoms in total. The monoisotopic (exact) mass is 261 g/mol. The quantitative estimate of drug-likeness (QED) is 0.513. The minimum Gasteiger partial charge on any atom is -0.386 e. The molecule has 1 N–H and O–H groups in total. The average Bonchev–Trinajstić information content (AvgIpc) is 2.22. The van der Waals surface area contributed by atoms with Gasteiger partial charge in [-0.05, 0) is 11.6 Å². The second kappa shape index (κ2) is 5.67. The predicted octanol–water partition coefficient (Wildman–Crippen LogP) is 2.27. The Morgan fingerprint density at radius 3 is 2.88 bits per heavy atom. The smallest absolute Gasteiger partial charge is 0.253 e. The van der Waals surface area contributed by atoms with Crippen molar-refractivity contribution >= 4 is 23.2 Å². The van der Waals surface area contributed by atoms with E-state index in [0.717, 1.165) is 11.8 Å². The summed E-state index contributed by atoms with van der Waals surface area (Å²) in [5.41, 5.74) is 1.21. The van der Waals surface area contributed by atoms with E-state index in [4.69, 9.17) is 23.2 Å². The minimum atomic E-state index is -0.517. The number of hydrogen-bond acceptors (Lipinski definition) is 4. The molecule has 0 aliphatic carbocycles. The van der Waals surface area contributed by atoms with Crippen molar-refractivity contribution in [3.05, 3.63) is 50.0 Å². The number of nitro groups is 1. The molecule has 0 bridgehead atoms. The van der Waals surface area contributed by atoms with Crippen LogP contribution in [0.15, 0.2) is 24.2 Å². The van der Waals surface area contributed by atoms with Gasteiger partial charge in [0.2, 0.25) is 0 Å². The topological polar surface area (TPSA) is 68.1 Å². The number of likely N-dealkylation sites (N-methyl/N-ethyl adjacent to an activating group) is 1. The zero-order valence-corrected chi connectivity index (χ0v) is 9.92. The predicted molar refractivity (Wildman–Crippen MR) is 62.1 cm³/mol. The van der Waals surface area contributed by atoms with Crippen LogP contribution in [-0.4, -0.2) is 17.0 Å². The van der Waals surface area contributed by atoms with Crippen molar-refractivity contribution in [3.63, 3.8) is 0 Å². The second-order valence-electron chi connectivity index (χ2n) is 2.98. The van der Waals surface area contributed by atoms with Crippen molar-refractivity contribution in [1.82, 2.24) is 10.3 Å². The standard InChI is InChI=1S/C9H9Cl2N3O2/c1-12-7(5-14(15)16)2-6-3-8(10)9(11)13-4-6/h3-5,12H,2H2,1H3/b7-5+. The van der Waals surface area contributed by atoms with Gasteiger partial charge in [0.1, 0.15) is 5.15 Å². The number of halogens is 2. The number of allylic oxidation sites excluding steroid dienone is 1. The molecule has 1 aromatic heterocycles. The van der Waals surface area contributed by atoms with E-state index in [1.807, 2.05) is 0 Å². The van der Waals surface area contributed by atoms with Crippen molar-refractivity contribution in [3.8, 4) is 0 Å². The molecular formula is C9H9Cl2N3O2. The van der Waals surface area contributed by atoms with Gasteiger partial charge in [-0.1, -0.05) is 23.2 Å². The molecule has 86 valence electrons. The molecule has 0 unspecified atom stereocenters. The summed E-state index contributed by atoms with van der Waals surface area (Å²) in [6.45, 7) is 0. The summed E-state index contributed by atoms with van der Waals surface area (Å²) in [5, 5.41) is 13.6. The van der Waals surface area contributed by atoms with Crippen molar-refractivity contribution in [2.24, 2.45) is 0 Å². The van der Waals surface area contributed by atoms with E-state index < -0.39 is 4.92 Å². The summed E-state index contributed by atoms with van der Waals surface area (Å²) in [5.74, 6) is 0. The molecule has 0 saturated heterocycles. The molecule has 0 fully saturated rings. The number of hydrogen-bond donors (Lipinski definition) is 1. The normalized spacial score (nSPS) is 11.3. The van der Waals surface area contributed by atoms with Gasteiger partial charge in [0, 0.05) is 19.7 Å². The maximum absolute atomic E-state index is 10.3. The lowest BCUT2D eigenvalue weighted by atomic mass is 10.2. The summed E-state index contributed by atoms with van der Waals surface area (Å²) in [4.78, 5) is 13.6. The van der Waals surface area contributed by atoms with Gasteiger partial charge in [-0.25, -0.2) is 4.98 Å². The van der Waals surface area contributed by atoms with E-state index >= 15 is 0 Å². The van der Waals surface area contributed by atoms with Gasteiger partial charge in [-0.15, -0.1) is 0 Å². The summed E-state index contributed by atoms with van der Waals surface area (Å²) in [6.07, 6.45) is 2.78. The molecule has 0 atom stereocenters. The maximum atomic E-state index is 10.3. The van der Waals surface area contributed by atoms with Crippen LogP contribution in [0.25, 0.3) is 0 Å². The van der Waals surface area contributed by atoms with Gasteiger partial charge in [-0.2, -0.15) is 0 Å². The molecule has 0 aromatic carbocycles. The van der Waals surface area contributed by atoms with Crippen LogP contribution in [0.4, 0.5) is 0 Å². The average molecular weight is 262 g/mol. The van der Waals surface area contributed by atoms with Gasteiger partial charge in [0.25, 0.3) is 6.20 Å². The van der Waals surface area contributed by atoms with E-state index in [2.05, 4.69) is 10.3 Å². The van der Waals surface area contributed by atoms with Crippen LogP contribution in [0, 0.1) is 10.1 Å². The van der Waals surface area contributed by atoms with Crippen LogP contribution in [0.3, 0.4) is 0 Å². The fourth-order valence-electron chi connectivity index (χ4n) is 1.10. The number of pyridine rings is 1. The molecule has 0 aliphatic heterocycles. The molecule has 1 rings (SSSR count). The first-order valence-electron chi connectivity index (χ1n) is 4.34. The number of aromatic nitrogens is 1. The third-order valence-corrected chi connectivity index (χ3v) is 2.52. The Morgan fingerprint density at radius 2 is 2.38 bits per heavy atom. The summed E-state index contributed by atoms with van der Waals surface area (Å²) in [7, 11) is 1.61. The first-order chi connectivity index (χ1) is 7.52. The Hall–Kier alpha value is -1.33. The lowest BCUT2D eigenvalue weighted by Crippen LogP contribution is -2.10. The van der Waals surface area contributed by atoms with Crippen LogP contribution < -0.4 is 5.32 Å². The number of rotatable bonds is 4. The van der Waals surface area contributed by atoms with Crippen LogP contribution in [0.5, 0.6) is 0 Å². The zero-order chi connectivity index (χ0) is 12.1. The number of nitrogens with one attached hydrogen (secondary N) is 1. The Bertz CT molecular complexity index is 435. The maximum Gasteiger partial charge on any atom is 0.253 e. The molecule has 16 heavy (non-hydrogen) atoms. The summed E-state index contributed by atoms with van der Waals surface area (Å²) < 4.78 is 0. The lowest BCUT2D eigenvalue weighted by molar-refractivity contribution is -0.403. The van der Waals surface area contributed by atoms with E-state index in [0.29, 0.717) is 17.1 Å². The van der Waals surface area contributed by atoms with Gasteiger partial charge in [0.05, 0.1) is 15.6 Å². The first-order valence-corrected chi connectivity index (χ1v) is 5.10. The lowest BCUT2D eigenvalue weighted by Gasteiger charge is -2.04. The Kier molecular flexibility index (Phi) is 4.52. The third-order valence-electron chi connectivity index (χ3n) is 1.83. The van der Waals surface area contributed by atoms with E-state index in [9.17, 15) is 10.1 Å². The van der Waals surface area contributed by atoms with Crippen molar-refractivity contribution in [2.45, 2.75) is 6.42 Å². The molecule has 0 saturated carbocycles. The van der Waals surface area contributed by atoms with Gasteiger partial charge < -0.3 is 5.32 Å². The highest BCUT2D eigenvalue weighted by Gasteiger charge is 2.05. The van der Waals surface area contributed by atoms with Crippen LogP contribution in [0.1, 0.15) is 5.56 Å². The fourth-order valence-corrected chi connectivity index (χ4v) is 1.40. The summed E-state index contributed by atoms with van der Waals surface area (Å²) >= 11 is 11.4.